The molecule has 1 aliphatic rings. The van der Waals surface area contributed by atoms with Crippen LogP contribution in [-0.4, -0.2) is 45.3 Å². The number of ether oxygens (including phenoxy) is 2. The van der Waals surface area contributed by atoms with E-state index in [0.29, 0.717) is 6.61 Å². The molecule has 1 heterocycles. The van der Waals surface area contributed by atoms with Gasteiger partial charge in [0.2, 0.25) is 10.0 Å². The molecule has 1 fully saturated rings. The predicted octanol–water partition coefficient (Wildman–Crippen LogP) is 2.29. The Kier molecular flexibility index (Phi) is 6.79. The SMILES string of the molecule is CC(OCC1CCCO1)C(=O)Nc1ccccc1S(=O)(=O)NC(C)(C)C. The van der Waals surface area contributed by atoms with Crippen LogP contribution in [0.25, 0.3) is 0 Å². The lowest BCUT2D eigenvalue weighted by Crippen LogP contribution is -2.41. The van der Waals surface area contributed by atoms with Crippen LogP contribution < -0.4 is 10.0 Å². The van der Waals surface area contributed by atoms with E-state index < -0.39 is 27.6 Å². The summed E-state index contributed by atoms with van der Waals surface area (Å²) in [6.07, 6.45) is 1.23. The Balaban J connectivity index is 2.05. The van der Waals surface area contributed by atoms with Crippen molar-refractivity contribution in [1.82, 2.24) is 4.72 Å². The fourth-order valence-corrected chi connectivity index (χ4v) is 4.18. The molecule has 8 heteroatoms. The van der Waals surface area contributed by atoms with Gasteiger partial charge in [-0.25, -0.2) is 13.1 Å². The van der Waals surface area contributed by atoms with Gasteiger partial charge in [-0.1, -0.05) is 12.1 Å². The highest BCUT2D eigenvalue weighted by Crippen LogP contribution is 2.23. The van der Waals surface area contributed by atoms with Crippen LogP contribution in [0, 0.1) is 0 Å². The standard InChI is InChI=1S/C18H28N2O5S/c1-13(25-12-14-8-7-11-24-14)17(21)19-15-9-5-6-10-16(15)26(22,23)20-18(2,3)4/h5-6,9-10,13-14,20H,7-8,11-12H2,1-4H3,(H,19,21). The summed E-state index contributed by atoms with van der Waals surface area (Å²) in [7, 11) is -3.77. The molecule has 0 saturated carbocycles. The number of rotatable bonds is 7. The van der Waals surface area contributed by atoms with E-state index in [9.17, 15) is 13.2 Å². The number of benzene rings is 1. The maximum Gasteiger partial charge on any atom is 0.253 e. The van der Waals surface area contributed by atoms with E-state index >= 15 is 0 Å². The van der Waals surface area contributed by atoms with Crippen molar-refractivity contribution in [3.63, 3.8) is 0 Å². The Morgan fingerprint density at radius 1 is 1.35 bits per heavy atom. The normalized spacial score (nSPS) is 19.3. The van der Waals surface area contributed by atoms with Gasteiger partial charge in [0.05, 0.1) is 18.4 Å². The molecule has 2 rings (SSSR count). The molecule has 0 radical (unpaired) electrons. The van der Waals surface area contributed by atoms with Crippen LogP contribution in [0.2, 0.25) is 0 Å². The van der Waals surface area contributed by atoms with Crippen molar-refractivity contribution in [2.24, 2.45) is 0 Å². The van der Waals surface area contributed by atoms with E-state index in [1.165, 1.54) is 6.07 Å². The summed E-state index contributed by atoms with van der Waals surface area (Å²) in [6.45, 7) is 7.97. The molecule has 2 atom stereocenters. The summed E-state index contributed by atoms with van der Waals surface area (Å²) < 4.78 is 38.8. The van der Waals surface area contributed by atoms with Crippen LogP contribution in [0.5, 0.6) is 0 Å². The fraction of sp³-hybridized carbons (Fsp3) is 0.611. The van der Waals surface area contributed by atoms with Crippen LogP contribution in [0.1, 0.15) is 40.5 Å². The average molecular weight is 384 g/mol. The maximum atomic E-state index is 12.6. The van der Waals surface area contributed by atoms with Crippen LogP contribution in [-0.2, 0) is 24.3 Å². The van der Waals surface area contributed by atoms with Gasteiger partial charge in [0.25, 0.3) is 5.91 Å². The smallest absolute Gasteiger partial charge is 0.253 e. The number of carbonyl (C=O) groups is 1. The lowest BCUT2D eigenvalue weighted by atomic mass is 10.1. The van der Waals surface area contributed by atoms with Crippen molar-refractivity contribution >= 4 is 21.6 Å². The largest absolute Gasteiger partial charge is 0.376 e. The zero-order valence-electron chi connectivity index (χ0n) is 15.7. The molecule has 1 saturated heterocycles. The third kappa shape index (κ3) is 6.05. The van der Waals surface area contributed by atoms with E-state index in [-0.39, 0.29) is 16.7 Å². The number of carbonyl (C=O) groups excluding carboxylic acids is 1. The highest BCUT2D eigenvalue weighted by Gasteiger charge is 2.26. The second-order valence-electron chi connectivity index (χ2n) is 7.45. The highest BCUT2D eigenvalue weighted by molar-refractivity contribution is 7.89. The summed E-state index contributed by atoms with van der Waals surface area (Å²) in [5, 5.41) is 2.65. The first-order chi connectivity index (χ1) is 12.1. The number of nitrogens with one attached hydrogen (secondary N) is 2. The molecular weight excluding hydrogens is 356 g/mol. The van der Waals surface area contributed by atoms with Gasteiger partial charge in [0, 0.05) is 12.1 Å². The first-order valence-electron chi connectivity index (χ1n) is 8.75. The average Bonchev–Trinajstić information content (AvgIpc) is 3.04. The van der Waals surface area contributed by atoms with E-state index in [2.05, 4.69) is 10.0 Å². The summed E-state index contributed by atoms with van der Waals surface area (Å²) in [5.41, 5.74) is -0.407. The number of hydrogen-bond acceptors (Lipinski definition) is 5. The van der Waals surface area contributed by atoms with Gasteiger partial charge in [0.1, 0.15) is 11.0 Å². The van der Waals surface area contributed by atoms with Crippen LogP contribution in [0.3, 0.4) is 0 Å². The first kappa shape index (κ1) is 20.8. The molecule has 1 amide bonds. The Labute approximate surface area is 155 Å². The molecule has 0 aromatic heterocycles. The van der Waals surface area contributed by atoms with Crippen molar-refractivity contribution in [2.75, 3.05) is 18.5 Å². The third-order valence-corrected chi connectivity index (χ3v) is 5.62. The second kappa shape index (κ2) is 8.47. The Morgan fingerprint density at radius 2 is 2.04 bits per heavy atom. The molecular formula is C18H28N2O5S. The third-order valence-electron chi connectivity index (χ3n) is 3.80. The van der Waals surface area contributed by atoms with E-state index in [1.807, 2.05) is 0 Å². The lowest BCUT2D eigenvalue weighted by Gasteiger charge is -2.22. The van der Waals surface area contributed by atoms with Gasteiger partial charge < -0.3 is 14.8 Å². The number of hydrogen-bond donors (Lipinski definition) is 2. The maximum absolute atomic E-state index is 12.6. The van der Waals surface area contributed by atoms with Crippen LogP contribution in [0.4, 0.5) is 5.69 Å². The minimum atomic E-state index is -3.77. The minimum absolute atomic E-state index is 0.0221. The van der Waals surface area contributed by atoms with Crippen molar-refractivity contribution < 1.29 is 22.7 Å². The zero-order valence-corrected chi connectivity index (χ0v) is 16.6. The molecule has 0 spiro atoms. The van der Waals surface area contributed by atoms with Gasteiger partial charge in [-0.2, -0.15) is 0 Å². The molecule has 2 N–H and O–H groups in total. The minimum Gasteiger partial charge on any atom is -0.376 e. The molecule has 146 valence electrons. The van der Waals surface area contributed by atoms with E-state index in [1.54, 1.807) is 45.9 Å². The van der Waals surface area contributed by atoms with E-state index in [0.717, 1.165) is 19.4 Å². The van der Waals surface area contributed by atoms with Crippen molar-refractivity contribution in [3.8, 4) is 0 Å². The van der Waals surface area contributed by atoms with Gasteiger partial charge >= 0.3 is 0 Å². The lowest BCUT2D eigenvalue weighted by molar-refractivity contribution is -0.128. The highest BCUT2D eigenvalue weighted by atomic mass is 32.2. The molecule has 26 heavy (non-hydrogen) atoms. The number of anilines is 1. The summed E-state index contributed by atoms with van der Waals surface area (Å²) >= 11 is 0. The van der Waals surface area contributed by atoms with Crippen molar-refractivity contribution in [1.29, 1.82) is 0 Å². The predicted molar refractivity (Wildman–Crippen MR) is 99.5 cm³/mol. The van der Waals surface area contributed by atoms with E-state index in [4.69, 9.17) is 9.47 Å². The van der Waals surface area contributed by atoms with Gasteiger partial charge in [0.15, 0.2) is 0 Å². The van der Waals surface area contributed by atoms with Crippen molar-refractivity contribution in [2.45, 2.75) is 63.2 Å². The molecule has 1 aromatic carbocycles. The monoisotopic (exact) mass is 384 g/mol. The summed E-state index contributed by atoms with van der Waals surface area (Å²) in [5.74, 6) is -0.401. The number of sulfonamides is 1. The molecule has 2 unspecified atom stereocenters. The van der Waals surface area contributed by atoms with Gasteiger partial charge in [-0.15, -0.1) is 0 Å². The molecule has 0 aliphatic carbocycles. The Bertz CT molecular complexity index is 721. The first-order valence-corrected chi connectivity index (χ1v) is 10.2. The quantitative estimate of drug-likeness (QED) is 0.752. The molecule has 1 aliphatic heterocycles. The molecule has 1 aromatic rings. The Hall–Kier alpha value is -1.48. The topological polar surface area (TPSA) is 93.7 Å². The summed E-state index contributed by atoms with van der Waals surface area (Å²) in [6, 6.07) is 6.30. The fourth-order valence-electron chi connectivity index (χ4n) is 2.60. The zero-order chi connectivity index (χ0) is 19.4. The summed E-state index contributed by atoms with van der Waals surface area (Å²) in [4.78, 5) is 12.4. The number of para-hydroxylation sites is 1. The second-order valence-corrected chi connectivity index (χ2v) is 9.10. The molecule has 0 bridgehead atoms. The molecule has 7 nitrogen and oxygen atoms in total. The van der Waals surface area contributed by atoms with Gasteiger partial charge in [-0.3, -0.25) is 4.79 Å². The van der Waals surface area contributed by atoms with Crippen LogP contribution in [0.15, 0.2) is 29.2 Å². The van der Waals surface area contributed by atoms with Crippen molar-refractivity contribution in [3.05, 3.63) is 24.3 Å². The Morgan fingerprint density at radius 3 is 2.65 bits per heavy atom. The van der Waals surface area contributed by atoms with Gasteiger partial charge in [-0.05, 0) is 52.7 Å². The van der Waals surface area contributed by atoms with Crippen LogP contribution >= 0.6 is 0 Å². The number of amides is 1.